The number of aromatic nitrogens is 1. The predicted molar refractivity (Wildman–Crippen MR) is 141 cm³/mol. The summed E-state index contributed by atoms with van der Waals surface area (Å²) in [6.07, 6.45) is -0.0551. The predicted octanol–water partition coefficient (Wildman–Crippen LogP) is 2.23. The third-order valence-corrected chi connectivity index (χ3v) is 7.18. The quantitative estimate of drug-likeness (QED) is 0.558. The first kappa shape index (κ1) is 28.5. The second-order valence-electron chi connectivity index (χ2n) is 9.76. The Labute approximate surface area is 230 Å². The van der Waals surface area contributed by atoms with Crippen LogP contribution in [0.3, 0.4) is 0 Å². The topological polar surface area (TPSA) is 90.0 Å². The van der Waals surface area contributed by atoms with Crippen molar-refractivity contribution in [3.8, 4) is 0 Å². The molecule has 10 heteroatoms. The largest absolute Gasteiger partial charge is 0.378 e. The molecule has 10 nitrogen and oxygen atoms in total. The Bertz CT molecular complexity index is 955. The molecular formula is C29H40N2O8. The molecule has 4 heterocycles. The van der Waals surface area contributed by atoms with Crippen molar-refractivity contribution in [2.75, 3.05) is 73.0 Å². The average molecular weight is 545 g/mol. The summed E-state index contributed by atoms with van der Waals surface area (Å²) >= 11 is 0. The van der Waals surface area contributed by atoms with Gasteiger partial charge in [-0.25, -0.2) is 0 Å². The fourth-order valence-corrected chi connectivity index (χ4v) is 5.11. The highest BCUT2D eigenvalue weighted by molar-refractivity contribution is 5.16. The van der Waals surface area contributed by atoms with E-state index < -0.39 is 24.8 Å². The lowest BCUT2D eigenvalue weighted by atomic mass is 9.97. The van der Waals surface area contributed by atoms with Crippen molar-refractivity contribution in [2.24, 2.45) is 0 Å². The molecule has 0 saturated carbocycles. The second kappa shape index (κ2) is 15.1. The molecule has 6 atom stereocenters. The first-order valence-corrected chi connectivity index (χ1v) is 13.8. The first-order chi connectivity index (χ1) is 19.3. The van der Waals surface area contributed by atoms with Gasteiger partial charge in [-0.1, -0.05) is 36.4 Å². The van der Waals surface area contributed by atoms with E-state index in [1.165, 1.54) is 0 Å². The van der Waals surface area contributed by atoms with Gasteiger partial charge in [-0.3, -0.25) is 9.88 Å². The van der Waals surface area contributed by atoms with Crippen molar-refractivity contribution in [3.05, 3.63) is 66.0 Å². The second-order valence-corrected chi connectivity index (χ2v) is 9.76. The average Bonchev–Trinajstić information content (AvgIpc) is 3.00. The minimum Gasteiger partial charge on any atom is -0.378 e. The Balaban J connectivity index is 1.20. The smallest absolute Gasteiger partial charge is 0.186 e. The third-order valence-electron chi connectivity index (χ3n) is 7.18. The lowest BCUT2D eigenvalue weighted by molar-refractivity contribution is -0.368. The van der Waals surface area contributed by atoms with Gasteiger partial charge in [-0.15, -0.1) is 0 Å². The van der Waals surface area contributed by atoms with E-state index in [9.17, 15) is 0 Å². The van der Waals surface area contributed by atoms with Gasteiger partial charge >= 0.3 is 0 Å². The normalized spacial score (nSPS) is 31.8. The molecule has 1 aromatic heterocycles. The van der Waals surface area contributed by atoms with Gasteiger partial charge in [0.2, 0.25) is 0 Å². The van der Waals surface area contributed by atoms with Crippen LogP contribution < -0.4 is 0 Å². The number of hydrogen-bond donors (Lipinski definition) is 0. The van der Waals surface area contributed by atoms with Crippen LogP contribution in [0.25, 0.3) is 0 Å². The lowest BCUT2D eigenvalue weighted by Gasteiger charge is -2.48. The Hall–Kier alpha value is -1.99. The summed E-state index contributed by atoms with van der Waals surface area (Å²) in [5.74, 6) is 0. The molecule has 1 aromatic carbocycles. The van der Waals surface area contributed by atoms with Gasteiger partial charge in [-0.2, -0.15) is 0 Å². The molecule has 0 unspecified atom stereocenters. The molecule has 0 aliphatic carbocycles. The summed E-state index contributed by atoms with van der Waals surface area (Å²) in [4.78, 5) is 6.78. The monoisotopic (exact) mass is 544 g/mol. The molecule has 0 bridgehead atoms. The Morgan fingerprint density at radius 3 is 2.26 bits per heavy atom. The van der Waals surface area contributed by atoms with Gasteiger partial charge in [0.25, 0.3) is 0 Å². The summed E-state index contributed by atoms with van der Waals surface area (Å²) in [5.41, 5.74) is 2.03. The molecule has 0 radical (unpaired) electrons. The number of ether oxygens (including phenoxy) is 8. The fraction of sp³-hybridized carbons (Fsp3) is 0.621. The molecule has 3 saturated heterocycles. The molecule has 5 rings (SSSR count). The molecule has 3 aliphatic rings. The lowest BCUT2D eigenvalue weighted by Crippen LogP contribution is -2.63. The summed E-state index contributed by atoms with van der Waals surface area (Å²) in [7, 11) is 1.61. The maximum atomic E-state index is 6.41. The number of rotatable bonds is 5. The van der Waals surface area contributed by atoms with Crippen LogP contribution >= 0.6 is 0 Å². The number of fused-ring (bicyclic) bond motifs is 3. The van der Waals surface area contributed by atoms with Crippen LogP contribution in [0.1, 0.15) is 17.5 Å². The highest BCUT2D eigenvalue weighted by Crippen LogP contribution is 2.36. The Kier molecular flexibility index (Phi) is 11.1. The standard InChI is InChI=1S/C29H40N2O8/c1-32-29-27-26(25-24(38-29)21-37-28(39-25)22-7-3-2-4-8-22)35-19-17-33-15-13-31(14-16-34-18-20-36-27)12-10-23-9-5-6-11-30-23/h2-9,11,24-29H,10,12-21H2,1H3/t24-,25-,26+,27-,28-,29+/m1/s1. The van der Waals surface area contributed by atoms with E-state index in [2.05, 4.69) is 16.0 Å². The van der Waals surface area contributed by atoms with Gasteiger partial charge in [0, 0.05) is 50.6 Å². The van der Waals surface area contributed by atoms with Crippen molar-refractivity contribution in [1.82, 2.24) is 9.88 Å². The number of benzene rings is 1. The molecule has 3 aliphatic heterocycles. The van der Waals surface area contributed by atoms with Crippen molar-refractivity contribution in [2.45, 2.75) is 43.4 Å². The number of hydrogen-bond acceptors (Lipinski definition) is 10. The summed E-state index contributed by atoms with van der Waals surface area (Å²) in [6.45, 7) is 5.77. The first-order valence-electron chi connectivity index (χ1n) is 13.8. The van der Waals surface area contributed by atoms with Crippen LogP contribution in [-0.4, -0.2) is 114 Å². The van der Waals surface area contributed by atoms with Crippen LogP contribution in [0.5, 0.6) is 0 Å². The van der Waals surface area contributed by atoms with E-state index in [-0.39, 0.29) is 12.2 Å². The molecule has 214 valence electrons. The van der Waals surface area contributed by atoms with Gasteiger partial charge in [-0.05, 0) is 12.1 Å². The van der Waals surface area contributed by atoms with Gasteiger partial charge in [0.1, 0.15) is 24.4 Å². The number of methoxy groups -OCH3 is 1. The van der Waals surface area contributed by atoms with E-state index in [1.807, 2.05) is 48.7 Å². The van der Waals surface area contributed by atoms with E-state index in [4.69, 9.17) is 37.9 Å². The van der Waals surface area contributed by atoms with E-state index >= 15 is 0 Å². The Morgan fingerprint density at radius 2 is 1.54 bits per heavy atom. The van der Waals surface area contributed by atoms with Gasteiger partial charge in [0.15, 0.2) is 12.6 Å². The van der Waals surface area contributed by atoms with Crippen LogP contribution in [0.4, 0.5) is 0 Å². The summed E-state index contributed by atoms with van der Waals surface area (Å²) in [5, 5.41) is 0. The number of pyridine rings is 1. The number of nitrogens with zero attached hydrogens (tertiary/aromatic N) is 2. The maximum Gasteiger partial charge on any atom is 0.186 e. The van der Waals surface area contributed by atoms with E-state index in [0.29, 0.717) is 46.2 Å². The maximum absolute atomic E-state index is 6.41. The molecule has 2 aromatic rings. The molecule has 0 amide bonds. The third kappa shape index (κ3) is 8.03. The highest BCUT2D eigenvalue weighted by atomic mass is 16.8. The van der Waals surface area contributed by atoms with E-state index in [0.717, 1.165) is 37.3 Å². The van der Waals surface area contributed by atoms with Crippen LogP contribution in [-0.2, 0) is 44.3 Å². The zero-order chi connectivity index (χ0) is 26.7. The molecule has 0 spiro atoms. The SMILES string of the molecule is CO[C@H]1O[C@@H]2CO[C@@H](c3ccccc3)O[C@H]2[C@@H]2OCCOCCN(CCc3ccccn3)CCOCCO[C@@H]12. The van der Waals surface area contributed by atoms with E-state index in [1.54, 1.807) is 7.11 Å². The van der Waals surface area contributed by atoms with Crippen molar-refractivity contribution in [1.29, 1.82) is 0 Å². The zero-order valence-electron chi connectivity index (χ0n) is 22.6. The molecule has 39 heavy (non-hydrogen) atoms. The fourth-order valence-electron chi connectivity index (χ4n) is 5.11. The van der Waals surface area contributed by atoms with Crippen LogP contribution in [0.15, 0.2) is 54.7 Å². The zero-order valence-corrected chi connectivity index (χ0v) is 22.6. The highest BCUT2D eigenvalue weighted by Gasteiger charge is 2.51. The van der Waals surface area contributed by atoms with Crippen LogP contribution in [0.2, 0.25) is 0 Å². The van der Waals surface area contributed by atoms with Gasteiger partial charge in [0.05, 0.1) is 46.2 Å². The minimum atomic E-state index is -0.615. The molecule has 3 fully saturated rings. The van der Waals surface area contributed by atoms with Gasteiger partial charge < -0.3 is 37.9 Å². The van der Waals surface area contributed by atoms with Crippen LogP contribution in [0, 0.1) is 0 Å². The van der Waals surface area contributed by atoms with Crippen molar-refractivity contribution in [3.63, 3.8) is 0 Å². The molecular weight excluding hydrogens is 504 g/mol. The minimum absolute atomic E-state index is 0.341. The molecule has 0 N–H and O–H groups in total. The Morgan fingerprint density at radius 1 is 0.795 bits per heavy atom. The van der Waals surface area contributed by atoms with Crippen molar-refractivity contribution < 1.29 is 37.9 Å². The summed E-state index contributed by atoms with van der Waals surface area (Å²) in [6, 6.07) is 15.9. The van der Waals surface area contributed by atoms with Crippen molar-refractivity contribution >= 4 is 0 Å². The summed E-state index contributed by atoms with van der Waals surface area (Å²) < 4.78 is 48.8.